The highest BCUT2D eigenvalue weighted by molar-refractivity contribution is 6.97. The zero-order valence-corrected chi connectivity index (χ0v) is 82.4. The average Bonchev–Trinajstić information content (AvgIpc) is 1.02. The Hall–Kier alpha value is -13.5. The lowest BCUT2D eigenvalue weighted by molar-refractivity contribution is -0.0282. The second kappa shape index (κ2) is 34.3. The van der Waals surface area contributed by atoms with Crippen molar-refractivity contribution in [1.82, 2.24) is 4.57 Å². The molecule has 8 aliphatic carbocycles. The zero-order chi connectivity index (χ0) is 93.8. The number of fused-ring (bicyclic) bond motifs is 6. The molecule has 17 aromatic carbocycles. The van der Waals surface area contributed by atoms with Gasteiger partial charge in [-0.15, -0.1) is 0 Å². The van der Waals surface area contributed by atoms with Crippen molar-refractivity contribution in [2.45, 2.75) is 182 Å². The van der Waals surface area contributed by atoms with Gasteiger partial charge in [-0.2, -0.15) is 0 Å². The average molecular weight is 1790 g/mol. The quantitative estimate of drug-likeness (QED) is 0.0831. The third-order valence-electron chi connectivity index (χ3n) is 34.4. The summed E-state index contributed by atoms with van der Waals surface area (Å²) in [4.78, 5) is 0. The molecule has 676 valence electrons. The number of aromatic nitrogens is 1. The lowest BCUT2D eigenvalue weighted by Gasteiger charge is -2.63. The summed E-state index contributed by atoms with van der Waals surface area (Å²) < 4.78 is 8.55. The van der Waals surface area contributed by atoms with Crippen LogP contribution in [0.1, 0.15) is 166 Å². The van der Waals surface area contributed by atoms with Crippen LogP contribution in [0.15, 0.2) is 362 Å². The highest BCUT2D eigenvalue weighted by atomic mass is 16.3. The molecular formula is C134H123B2NO. The lowest BCUT2D eigenvalue weighted by atomic mass is 9.34. The fourth-order valence-electron chi connectivity index (χ4n) is 29.9. The van der Waals surface area contributed by atoms with Crippen LogP contribution in [0.5, 0.6) is 0 Å². The molecule has 4 heteroatoms. The van der Waals surface area contributed by atoms with Crippen LogP contribution in [-0.4, -0.2) is 18.0 Å². The fourth-order valence-corrected chi connectivity index (χ4v) is 29.9. The van der Waals surface area contributed by atoms with Gasteiger partial charge in [0.1, 0.15) is 11.2 Å². The monoisotopic (exact) mass is 1780 g/mol. The summed E-state index contributed by atoms with van der Waals surface area (Å²) in [6.07, 6.45) is 16.0. The summed E-state index contributed by atoms with van der Waals surface area (Å²) in [5.41, 5.74) is 52.7. The number of hydrogen-bond acceptors (Lipinski definition) is 1. The molecule has 8 aliphatic rings. The third-order valence-corrected chi connectivity index (χ3v) is 34.4. The Kier molecular flexibility index (Phi) is 21.7. The van der Waals surface area contributed by atoms with E-state index in [2.05, 4.69) is 440 Å². The number of rotatable bonds is 17. The van der Waals surface area contributed by atoms with E-state index in [9.17, 15) is 0 Å². The Bertz CT molecular complexity index is 7780. The number of hydrogen-bond donors (Lipinski definition) is 0. The van der Waals surface area contributed by atoms with Crippen LogP contribution in [0.4, 0.5) is 0 Å². The van der Waals surface area contributed by atoms with E-state index in [1.54, 1.807) is 22.3 Å². The van der Waals surface area contributed by atoms with Gasteiger partial charge in [0.15, 0.2) is 0 Å². The van der Waals surface area contributed by atoms with Gasteiger partial charge in [-0.3, -0.25) is 0 Å². The molecule has 138 heavy (non-hydrogen) atoms. The van der Waals surface area contributed by atoms with E-state index in [1.165, 1.54) is 282 Å². The van der Waals surface area contributed by atoms with Gasteiger partial charge in [-0.25, -0.2) is 0 Å². The Morgan fingerprint density at radius 3 is 0.884 bits per heavy atom. The number of furan rings is 1. The SMILES string of the molecule is Cc1cc(C)c(B(c2cccc(-c3cccc(-c4ccc(C56CC7CC(C5)CC(c5ccc(-c8ccc9c(c8)c8ccccc8n9-c8ccccc8)cc5)(C7)C6)cc4)c3)c2)c2c(C)cc(C)cc2C)c(C)c1.Cc1cc(C)c(B(c2cccc(-c3cccc(-c4ccc(C56CC7CC(C5)CC(c5ccc(-c8ccc9oc%10ccccc%10c9c8)cc5)(C7)C6)cc4)c3)c2)c2c(C)cc(C)cc2C)c(C)c1. The number of benzene rings is 17. The van der Waals surface area contributed by atoms with E-state index in [-0.39, 0.29) is 35.1 Å². The minimum Gasteiger partial charge on any atom is -0.456 e. The van der Waals surface area contributed by atoms with Gasteiger partial charge >= 0.3 is 0 Å². The maximum atomic E-state index is 6.15. The predicted octanol–water partition coefficient (Wildman–Crippen LogP) is 30.7. The van der Waals surface area contributed by atoms with Crippen LogP contribution in [0.2, 0.25) is 0 Å². The van der Waals surface area contributed by atoms with Gasteiger partial charge in [-0.1, -0.05) is 397 Å². The van der Waals surface area contributed by atoms with Crippen LogP contribution in [0, 0.1) is 107 Å². The molecule has 2 heterocycles. The van der Waals surface area contributed by atoms with E-state index < -0.39 is 0 Å². The van der Waals surface area contributed by atoms with E-state index in [4.69, 9.17) is 4.42 Å². The van der Waals surface area contributed by atoms with Crippen molar-refractivity contribution in [3.63, 3.8) is 0 Å². The molecule has 0 aliphatic heterocycles. The minimum absolute atomic E-state index is 0.145. The number of nitrogens with zero attached hydrogens (tertiary/aromatic N) is 1. The Morgan fingerprint density at radius 1 is 0.225 bits per heavy atom. The molecule has 2 nitrogen and oxygen atoms in total. The summed E-state index contributed by atoms with van der Waals surface area (Å²) >= 11 is 0. The van der Waals surface area contributed by atoms with Crippen molar-refractivity contribution >= 4 is 89.9 Å². The van der Waals surface area contributed by atoms with E-state index >= 15 is 0 Å². The maximum absolute atomic E-state index is 6.15. The molecule has 8 fully saturated rings. The molecule has 2 aromatic heterocycles. The molecule has 0 spiro atoms. The van der Waals surface area contributed by atoms with E-state index in [0.717, 1.165) is 34.8 Å². The highest BCUT2D eigenvalue weighted by Crippen LogP contribution is 2.68. The first-order valence-corrected chi connectivity index (χ1v) is 51.2. The lowest BCUT2D eigenvalue weighted by Crippen LogP contribution is -2.55. The largest absolute Gasteiger partial charge is 0.456 e. The fraction of sp³-hybridized carbons (Fsp3) is 0.239. The van der Waals surface area contributed by atoms with Crippen molar-refractivity contribution < 1.29 is 4.42 Å². The molecule has 19 aromatic rings. The summed E-state index contributed by atoms with van der Waals surface area (Å²) in [6.45, 7) is 27.6. The third kappa shape index (κ3) is 15.4. The van der Waals surface area contributed by atoms with Crippen LogP contribution in [0.3, 0.4) is 0 Å². The first kappa shape index (κ1) is 87.3. The Balaban J connectivity index is 0.000000151. The van der Waals surface area contributed by atoms with Crippen molar-refractivity contribution in [3.05, 3.63) is 447 Å². The van der Waals surface area contributed by atoms with Gasteiger partial charge in [0.25, 0.3) is 0 Å². The second-order valence-electron chi connectivity index (χ2n) is 44.1. The van der Waals surface area contributed by atoms with Gasteiger partial charge < -0.3 is 8.98 Å². The minimum atomic E-state index is 0.145. The standard InChI is InChI=1S/C70H64BN.C64H59BO/c1-45-32-47(3)67(48(4)33-45)71(68-49(5)34-46(2)35-50(68)6)61-17-13-16-57(38-61)56-15-12-14-55(37-56)53-22-27-59(28-23-53)69-40-51-36-52(41-69)43-70(42-51,44-69)60-29-24-54(25-30-60)58-26-31-66-64(39-58)63-20-10-11-21-65(63)72(66)62-18-8-7-9-19-62;1-40-27-42(3)61(43(4)28-40)65(62-44(5)29-41(2)30-45(62)6)56-14-10-13-52(33-56)51-12-9-11-50(32-51)48-17-22-54(23-18-48)63-35-46-31-47(36-63)38-64(37-46,39-63)55-24-19-49(20-25-55)53-21-26-60-58(34-53)57-15-7-8-16-59(57)66-60/h7-35,37-39,51-52H,36,40-44H2,1-6H3;7-30,32-34,46-47H,31,35-39H2,1-6H3. The van der Waals surface area contributed by atoms with Crippen LogP contribution >= 0.6 is 0 Å². The normalized spacial score (nSPS) is 20.5. The molecule has 4 unspecified atom stereocenters. The topological polar surface area (TPSA) is 18.1 Å². The van der Waals surface area contributed by atoms with Gasteiger partial charge in [0.2, 0.25) is 13.4 Å². The van der Waals surface area contributed by atoms with Crippen LogP contribution in [0.25, 0.3) is 116 Å². The highest BCUT2D eigenvalue weighted by Gasteiger charge is 2.60. The van der Waals surface area contributed by atoms with Crippen LogP contribution < -0.4 is 32.8 Å². The first-order valence-electron chi connectivity index (χ1n) is 51.2. The molecule has 0 amide bonds. The van der Waals surface area contributed by atoms with Crippen molar-refractivity contribution in [2.24, 2.45) is 23.7 Å². The number of para-hydroxylation sites is 3. The summed E-state index contributed by atoms with van der Waals surface area (Å²) in [7, 11) is 0. The molecule has 8 bridgehead atoms. The first-order chi connectivity index (χ1) is 67.0. The summed E-state index contributed by atoms with van der Waals surface area (Å²) in [6, 6.07) is 137. The van der Waals surface area contributed by atoms with Gasteiger partial charge in [-0.05, 0) is 355 Å². The number of aryl methyl sites for hydroxylation is 12. The molecule has 4 atom stereocenters. The maximum Gasteiger partial charge on any atom is 0.242 e. The summed E-state index contributed by atoms with van der Waals surface area (Å²) in [5.74, 6) is 3.18. The molecular weight excluding hydrogens is 1660 g/mol. The summed E-state index contributed by atoms with van der Waals surface area (Å²) in [5, 5.41) is 4.98. The van der Waals surface area contributed by atoms with E-state index in [1.807, 2.05) is 6.07 Å². The van der Waals surface area contributed by atoms with Crippen molar-refractivity contribution in [1.29, 1.82) is 0 Å². The molecule has 27 rings (SSSR count). The molecule has 0 saturated heterocycles. The molecule has 8 saturated carbocycles. The van der Waals surface area contributed by atoms with Gasteiger partial charge in [0, 0.05) is 27.2 Å². The van der Waals surface area contributed by atoms with Crippen molar-refractivity contribution in [2.75, 3.05) is 0 Å². The smallest absolute Gasteiger partial charge is 0.242 e. The van der Waals surface area contributed by atoms with Crippen molar-refractivity contribution in [3.8, 4) is 72.4 Å². The van der Waals surface area contributed by atoms with E-state index in [0.29, 0.717) is 0 Å². The second-order valence-corrected chi connectivity index (χ2v) is 44.1. The zero-order valence-electron chi connectivity index (χ0n) is 82.4. The predicted molar refractivity (Wildman–Crippen MR) is 588 cm³/mol. The molecule has 0 N–H and O–H groups in total. The van der Waals surface area contributed by atoms with Gasteiger partial charge in [0.05, 0.1) is 11.0 Å². The molecule has 0 radical (unpaired) electrons. The Morgan fingerprint density at radius 2 is 0.507 bits per heavy atom. The van der Waals surface area contributed by atoms with Crippen LogP contribution in [-0.2, 0) is 21.7 Å². The Labute approximate surface area is 817 Å².